The Morgan fingerprint density at radius 3 is 2.74 bits per heavy atom. The Morgan fingerprint density at radius 2 is 2.05 bits per heavy atom. The molecule has 1 saturated heterocycles. The van der Waals surface area contributed by atoms with Crippen LogP contribution in [0.5, 0.6) is 0 Å². The Bertz CT molecular complexity index is 465. The molecule has 0 unspecified atom stereocenters. The van der Waals surface area contributed by atoms with Crippen LogP contribution >= 0.6 is 15.9 Å². The molecule has 3 nitrogen and oxygen atoms in total. The van der Waals surface area contributed by atoms with Crippen LogP contribution in [-0.4, -0.2) is 17.4 Å². The minimum absolute atomic E-state index is 0.254. The molecule has 1 aliphatic rings. The first kappa shape index (κ1) is 14.4. The second-order valence-corrected chi connectivity index (χ2v) is 7.04. The van der Waals surface area contributed by atoms with Gasteiger partial charge in [0.1, 0.15) is 0 Å². The van der Waals surface area contributed by atoms with Crippen molar-refractivity contribution in [1.29, 1.82) is 0 Å². The number of benzene rings is 1. The van der Waals surface area contributed by atoms with Gasteiger partial charge in [0.05, 0.1) is 0 Å². The summed E-state index contributed by atoms with van der Waals surface area (Å²) in [5.74, 6) is 0.254. The lowest BCUT2D eigenvalue weighted by Gasteiger charge is -2.23. The molecule has 0 aliphatic carbocycles. The molecule has 4 heteroatoms. The van der Waals surface area contributed by atoms with Gasteiger partial charge in [-0.05, 0) is 42.0 Å². The molecule has 1 heterocycles. The summed E-state index contributed by atoms with van der Waals surface area (Å²) in [5.41, 5.74) is 7.92. The highest BCUT2D eigenvalue weighted by Crippen LogP contribution is 2.31. The van der Waals surface area contributed by atoms with Crippen molar-refractivity contribution in [2.24, 2.45) is 5.41 Å². The number of halogens is 1. The SMILES string of the molecule is CC1(C)CCC(=O)N(Cc2cc(N)cc(Br)c2)CC1. The second-order valence-electron chi connectivity index (χ2n) is 6.12. The molecule has 1 aliphatic heterocycles. The van der Waals surface area contributed by atoms with Crippen LogP contribution in [0.25, 0.3) is 0 Å². The van der Waals surface area contributed by atoms with Crippen molar-refractivity contribution < 1.29 is 4.79 Å². The summed E-state index contributed by atoms with van der Waals surface area (Å²) in [6, 6.07) is 5.84. The molecular formula is C15H21BrN2O. The van der Waals surface area contributed by atoms with E-state index in [9.17, 15) is 4.79 Å². The molecule has 0 radical (unpaired) electrons. The van der Waals surface area contributed by atoms with E-state index in [1.807, 2.05) is 23.1 Å². The van der Waals surface area contributed by atoms with Crippen molar-refractivity contribution in [2.75, 3.05) is 12.3 Å². The van der Waals surface area contributed by atoms with Gasteiger partial charge in [-0.1, -0.05) is 29.8 Å². The van der Waals surface area contributed by atoms with E-state index in [-0.39, 0.29) is 11.3 Å². The fraction of sp³-hybridized carbons (Fsp3) is 0.533. The Hall–Kier alpha value is -1.03. The third-order valence-electron chi connectivity index (χ3n) is 3.78. The molecular weight excluding hydrogens is 304 g/mol. The number of carbonyl (C=O) groups excluding carboxylic acids is 1. The minimum Gasteiger partial charge on any atom is -0.399 e. The topological polar surface area (TPSA) is 46.3 Å². The maximum Gasteiger partial charge on any atom is 0.222 e. The number of nitrogen functional groups attached to an aromatic ring is 1. The van der Waals surface area contributed by atoms with Gasteiger partial charge in [-0.25, -0.2) is 0 Å². The monoisotopic (exact) mass is 324 g/mol. The quantitative estimate of drug-likeness (QED) is 0.845. The fourth-order valence-electron chi connectivity index (χ4n) is 2.45. The lowest BCUT2D eigenvalue weighted by Crippen LogP contribution is -2.30. The molecule has 1 aromatic carbocycles. The third-order valence-corrected chi connectivity index (χ3v) is 4.24. The number of rotatable bonds is 2. The van der Waals surface area contributed by atoms with Gasteiger partial charge in [0.2, 0.25) is 5.91 Å². The molecule has 1 fully saturated rings. The van der Waals surface area contributed by atoms with Crippen LogP contribution in [0.2, 0.25) is 0 Å². The molecule has 0 spiro atoms. The van der Waals surface area contributed by atoms with Crippen LogP contribution in [0.15, 0.2) is 22.7 Å². The first-order valence-electron chi connectivity index (χ1n) is 6.68. The van der Waals surface area contributed by atoms with Gasteiger partial charge in [-0.2, -0.15) is 0 Å². The second kappa shape index (κ2) is 5.53. The number of likely N-dealkylation sites (tertiary alicyclic amines) is 1. The zero-order valence-electron chi connectivity index (χ0n) is 11.6. The van der Waals surface area contributed by atoms with Gasteiger partial charge in [-0.3, -0.25) is 4.79 Å². The van der Waals surface area contributed by atoms with Crippen molar-refractivity contribution in [3.8, 4) is 0 Å². The van der Waals surface area contributed by atoms with Crippen molar-refractivity contribution in [2.45, 2.75) is 39.7 Å². The van der Waals surface area contributed by atoms with Gasteiger partial charge >= 0.3 is 0 Å². The normalized spacial score (nSPS) is 19.3. The van der Waals surface area contributed by atoms with E-state index < -0.39 is 0 Å². The van der Waals surface area contributed by atoms with Gasteiger partial charge < -0.3 is 10.6 Å². The fourth-order valence-corrected chi connectivity index (χ4v) is 3.00. The van der Waals surface area contributed by atoms with E-state index in [0.29, 0.717) is 13.0 Å². The van der Waals surface area contributed by atoms with E-state index in [1.165, 1.54) is 0 Å². The summed E-state index contributed by atoms with van der Waals surface area (Å²) in [5, 5.41) is 0. The van der Waals surface area contributed by atoms with Crippen molar-refractivity contribution in [3.63, 3.8) is 0 Å². The number of carbonyl (C=O) groups is 1. The zero-order chi connectivity index (χ0) is 14.0. The van der Waals surface area contributed by atoms with Gasteiger partial charge in [-0.15, -0.1) is 0 Å². The maximum atomic E-state index is 12.2. The molecule has 104 valence electrons. The van der Waals surface area contributed by atoms with E-state index in [4.69, 9.17) is 5.73 Å². The summed E-state index contributed by atoms with van der Waals surface area (Å²) in [4.78, 5) is 14.1. The first-order chi connectivity index (χ1) is 8.85. The number of nitrogens with zero attached hydrogens (tertiary/aromatic N) is 1. The molecule has 2 rings (SSSR count). The summed E-state index contributed by atoms with van der Waals surface area (Å²) in [7, 11) is 0. The summed E-state index contributed by atoms with van der Waals surface area (Å²) in [6.45, 7) is 5.96. The molecule has 0 aromatic heterocycles. The molecule has 1 aromatic rings. The number of nitrogens with two attached hydrogens (primary N) is 1. The van der Waals surface area contributed by atoms with Crippen LogP contribution in [-0.2, 0) is 11.3 Å². The highest BCUT2D eigenvalue weighted by atomic mass is 79.9. The van der Waals surface area contributed by atoms with E-state index in [2.05, 4.69) is 29.8 Å². The predicted molar refractivity (Wildman–Crippen MR) is 81.6 cm³/mol. The Labute approximate surface area is 123 Å². The van der Waals surface area contributed by atoms with Crippen LogP contribution in [0.4, 0.5) is 5.69 Å². The lowest BCUT2D eigenvalue weighted by molar-refractivity contribution is -0.131. The van der Waals surface area contributed by atoms with Crippen molar-refractivity contribution >= 4 is 27.5 Å². The van der Waals surface area contributed by atoms with Crippen LogP contribution in [0.3, 0.4) is 0 Å². The Morgan fingerprint density at radius 1 is 1.32 bits per heavy atom. The van der Waals surface area contributed by atoms with Crippen LogP contribution in [0.1, 0.15) is 38.7 Å². The van der Waals surface area contributed by atoms with Gasteiger partial charge in [0.15, 0.2) is 0 Å². The Balaban J connectivity index is 2.11. The van der Waals surface area contributed by atoms with E-state index in [0.717, 1.165) is 35.1 Å². The third kappa shape index (κ3) is 3.96. The molecule has 2 N–H and O–H groups in total. The molecule has 0 atom stereocenters. The van der Waals surface area contributed by atoms with Crippen LogP contribution in [0, 0.1) is 5.41 Å². The average Bonchev–Trinajstić information content (AvgIpc) is 2.41. The molecule has 19 heavy (non-hydrogen) atoms. The Kier molecular flexibility index (Phi) is 4.19. The molecule has 1 amide bonds. The van der Waals surface area contributed by atoms with E-state index in [1.54, 1.807) is 0 Å². The lowest BCUT2D eigenvalue weighted by atomic mass is 9.85. The number of amides is 1. The van der Waals surface area contributed by atoms with Crippen LogP contribution < -0.4 is 5.73 Å². The highest BCUT2D eigenvalue weighted by molar-refractivity contribution is 9.10. The number of anilines is 1. The summed E-state index contributed by atoms with van der Waals surface area (Å²) < 4.78 is 0.963. The first-order valence-corrected chi connectivity index (χ1v) is 7.48. The van der Waals surface area contributed by atoms with Gasteiger partial charge in [0.25, 0.3) is 0 Å². The summed E-state index contributed by atoms with van der Waals surface area (Å²) in [6.07, 6.45) is 2.68. The zero-order valence-corrected chi connectivity index (χ0v) is 13.2. The van der Waals surface area contributed by atoms with Crippen molar-refractivity contribution in [1.82, 2.24) is 4.90 Å². The molecule has 0 bridgehead atoms. The van der Waals surface area contributed by atoms with E-state index >= 15 is 0 Å². The number of hydrogen-bond acceptors (Lipinski definition) is 2. The maximum absolute atomic E-state index is 12.2. The smallest absolute Gasteiger partial charge is 0.222 e. The molecule has 0 saturated carbocycles. The summed E-state index contributed by atoms with van der Waals surface area (Å²) >= 11 is 3.44. The minimum atomic E-state index is 0.254. The van der Waals surface area contributed by atoms with Crippen molar-refractivity contribution in [3.05, 3.63) is 28.2 Å². The van der Waals surface area contributed by atoms with Gasteiger partial charge in [0, 0.05) is 29.7 Å². The highest BCUT2D eigenvalue weighted by Gasteiger charge is 2.27. The number of hydrogen-bond donors (Lipinski definition) is 1. The standard InChI is InChI=1S/C15H21BrN2O/c1-15(2)4-3-14(19)18(6-5-15)10-11-7-12(16)9-13(17)8-11/h7-9H,3-6,10,17H2,1-2H3. The average molecular weight is 325 g/mol. The predicted octanol–water partition coefficient (Wildman–Crippen LogP) is 3.57. The largest absolute Gasteiger partial charge is 0.399 e.